The second kappa shape index (κ2) is 3.85. The lowest BCUT2D eigenvalue weighted by atomic mass is 9.95. The zero-order valence-electron chi connectivity index (χ0n) is 8.41. The fourth-order valence-electron chi connectivity index (χ4n) is 1.97. The van der Waals surface area contributed by atoms with Crippen molar-refractivity contribution in [1.82, 2.24) is 5.32 Å². The van der Waals surface area contributed by atoms with E-state index in [1.165, 1.54) is 6.92 Å². The molecule has 1 heterocycles. The molecule has 1 aliphatic heterocycles. The van der Waals surface area contributed by atoms with Gasteiger partial charge in [-0.05, 0) is 31.5 Å². The van der Waals surface area contributed by atoms with Gasteiger partial charge in [-0.1, -0.05) is 0 Å². The smallest absolute Gasteiger partial charge is 0.164 e. The molecule has 0 aliphatic carbocycles. The van der Waals surface area contributed by atoms with Crippen molar-refractivity contribution < 1.29 is 13.2 Å². The molecule has 0 radical (unpaired) electrons. The minimum absolute atomic E-state index is 0.0428. The summed E-state index contributed by atoms with van der Waals surface area (Å²) in [7, 11) is 0. The fraction of sp³-hybridized carbons (Fsp3) is 0.455. The summed E-state index contributed by atoms with van der Waals surface area (Å²) in [5.74, 6) is -2.69. The molecule has 1 fully saturated rings. The van der Waals surface area contributed by atoms with E-state index in [2.05, 4.69) is 5.32 Å². The van der Waals surface area contributed by atoms with Crippen LogP contribution >= 0.6 is 0 Å². The largest absolute Gasteiger partial charge is 0.316 e. The average molecular weight is 215 g/mol. The summed E-state index contributed by atoms with van der Waals surface area (Å²) in [5.41, 5.74) is 0.0632. The Morgan fingerprint density at radius 2 is 2.00 bits per heavy atom. The number of nitrogens with one attached hydrogen (secondary N) is 1. The lowest BCUT2D eigenvalue weighted by molar-refractivity contribution is 0.476. The van der Waals surface area contributed by atoms with Gasteiger partial charge in [0.15, 0.2) is 11.6 Å². The van der Waals surface area contributed by atoms with Gasteiger partial charge in [0.1, 0.15) is 5.82 Å². The molecule has 1 saturated heterocycles. The Labute approximate surface area is 86.3 Å². The van der Waals surface area contributed by atoms with Crippen LogP contribution in [0, 0.1) is 24.4 Å². The van der Waals surface area contributed by atoms with Gasteiger partial charge in [0.2, 0.25) is 0 Å². The van der Waals surface area contributed by atoms with Crippen molar-refractivity contribution >= 4 is 0 Å². The standard InChI is InChI=1S/C11H12F3N/c1-6-10(13)8(4-9(12)11(6)14)7-2-3-15-5-7/h4,7,15H,2-3,5H2,1H3. The minimum atomic E-state index is -1.08. The quantitative estimate of drug-likeness (QED) is 0.710. The third-order valence-electron chi connectivity index (χ3n) is 2.90. The summed E-state index contributed by atoms with van der Waals surface area (Å²) in [5, 5.41) is 3.07. The topological polar surface area (TPSA) is 12.0 Å². The molecular weight excluding hydrogens is 203 g/mol. The summed E-state index contributed by atoms with van der Waals surface area (Å²) in [4.78, 5) is 0. The molecule has 15 heavy (non-hydrogen) atoms. The Balaban J connectivity index is 2.47. The lowest BCUT2D eigenvalue weighted by Crippen LogP contribution is -2.10. The van der Waals surface area contributed by atoms with E-state index in [-0.39, 0.29) is 17.0 Å². The van der Waals surface area contributed by atoms with E-state index in [9.17, 15) is 13.2 Å². The Kier molecular flexibility index (Phi) is 2.69. The highest BCUT2D eigenvalue weighted by molar-refractivity contribution is 5.31. The Morgan fingerprint density at radius 1 is 1.27 bits per heavy atom. The van der Waals surface area contributed by atoms with Gasteiger partial charge in [-0.15, -0.1) is 0 Å². The number of hydrogen-bond donors (Lipinski definition) is 1. The van der Waals surface area contributed by atoms with E-state index in [4.69, 9.17) is 0 Å². The van der Waals surface area contributed by atoms with Crippen molar-refractivity contribution in [1.29, 1.82) is 0 Å². The minimum Gasteiger partial charge on any atom is -0.316 e. The van der Waals surface area contributed by atoms with Gasteiger partial charge < -0.3 is 5.32 Å². The van der Waals surface area contributed by atoms with Gasteiger partial charge in [0.05, 0.1) is 0 Å². The van der Waals surface area contributed by atoms with E-state index in [0.29, 0.717) is 6.54 Å². The average Bonchev–Trinajstić information content (AvgIpc) is 2.73. The second-order valence-electron chi connectivity index (χ2n) is 3.89. The summed E-state index contributed by atoms with van der Waals surface area (Å²) in [6.45, 7) is 2.68. The van der Waals surface area contributed by atoms with Crippen molar-refractivity contribution in [2.75, 3.05) is 13.1 Å². The molecule has 1 unspecified atom stereocenters. The SMILES string of the molecule is Cc1c(F)c(F)cc(C2CCNC2)c1F. The highest BCUT2D eigenvalue weighted by Gasteiger charge is 2.24. The van der Waals surface area contributed by atoms with Gasteiger partial charge in [-0.25, -0.2) is 13.2 Å². The molecule has 0 spiro atoms. The Morgan fingerprint density at radius 3 is 2.60 bits per heavy atom. The summed E-state index contributed by atoms with van der Waals surface area (Å²) in [6.07, 6.45) is 0.765. The van der Waals surface area contributed by atoms with Crippen LogP contribution in [0.5, 0.6) is 0 Å². The molecule has 0 bridgehead atoms. The van der Waals surface area contributed by atoms with Gasteiger partial charge in [0.25, 0.3) is 0 Å². The van der Waals surface area contributed by atoms with E-state index in [0.717, 1.165) is 19.0 Å². The Bertz CT molecular complexity index is 384. The molecule has 1 nitrogen and oxygen atoms in total. The highest BCUT2D eigenvalue weighted by atomic mass is 19.2. The molecule has 4 heteroatoms. The number of halogens is 3. The molecule has 1 aliphatic rings. The normalized spacial score (nSPS) is 20.9. The maximum absolute atomic E-state index is 13.7. The van der Waals surface area contributed by atoms with Crippen LogP contribution in [0.25, 0.3) is 0 Å². The summed E-state index contributed by atoms with van der Waals surface area (Å²) in [6, 6.07) is 0.981. The highest BCUT2D eigenvalue weighted by Crippen LogP contribution is 2.28. The first-order valence-electron chi connectivity index (χ1n) is 4.96. The van der Waals surface area contributed by atoms with Gasteiger partial charge in [-0.2, -0.15) is 0 Å². The van der Waals surface area contributed by atoms with E-state index < -0.39 is 17.5 Å². The molecule has 0 amide bonds. The number of benzene rings is 1. The first kappa shape index (κ1) is 10.5. The van der Waals surface area contributed by atoms with Crippen LogP contribution in [0.3, 0.4) is 0 Å². The Hall–Kier alpha value is -1.03. The van der Waals surface area contributed by atoms with Gasteiger partial charge in [-0.3, -0.25) is 0 Å². The molecule has 1 aromatic carbocycles. The van der Waals surface area contributed by atoms with E-state index >= 15 is 0 Å². The third-order valence-corrected chi connectivity index (χ3v) is 2.90. The molecule has 0 saturated carbocycles. The van der Waals surface area contributed by atoms with Crippen molar-refractivity contribution in [2.24, 2.45) is 0 Å². The molecule has 2 rings (SSSR count). The van der Waals surface area contributed by atoms with Crippen LogP contribution in [0.15, 0.2) is 6.07 Å². The van der Waals surface area contributed by atoms with Crippen LogP contribution in [0.4, 0.5) is 13.2 Å². The molecule has 82 valence electrons. The first-order chi connectivity index (χ1) is 7.11. The zero-order valence-corrected chi connectivity index (χ0v) is 8.41. The van der Waals surface area contributed by atoms with Crippen LogP contribution in [-0.4, -0.2) is 13.1 Å². The van der Waals surface area contributed by atoms with Crippen molar-refractivity contribution in [3.8, 4) is 0 Å². The summed E-state index contributed by atoms with van der Waals surface area (Å²) >= 11 is 0. The second-order valence-corrected chi connectivity index (χ2v) is 3.89. The number of rotatable bonds is 1. The molecular formula is C11H12F3N. The predicted octanol–water partition coefficient (Wildman–Crippen LogP) is 2.49. The van der Waals surface area contributed by atoms with Crippen molar-refractivity contribution in [2.45, 2.75) is 19.3 Å². The van der Waals surface area contributed by atoms with E-state index in [1.807, 2.05) is 0 Å². The van der Waals surface area contributed by atoms with Gasteiger partial charge >= 0.3 is 0 Å². The van der Waals surface area contributed by atoms with Crippen LogP contribution in [0.1, 0.15) is 23.5 Å². The summed E-state index contributed by atoms with van der Waals surface area (Å²) < 4.78 is 39.8. The fourth-order valence-corrected chi connectivity index (χ4v) is 1.97. The first-order valence-corrected chi connectivity index (χ1v) is 4.96. The molecule has 1 aromatic rings. The molecule has 1 N–H and O–H groups in total. The van der Waals surface area contributed by atoms with Crippen molar-refractivity contribution in [3.63, 3.8) is 0 Å². The zero-order chi connectivity index (χ0) is 11.0. The van der Waals surface area contributed by atoms with Gasteiger partial charge in [0, 0.05) is 18.0 Å². The maximum atomic E-state index is 13.7. The number of hydrogen-bond acceptors (Lipinski definition) is 1. The predicted molar refractivity (Wildman–Crippen MR) is 51.3 cm³/mol. The molecule has 0 aromatic heterocycles. The molecule has 1 atom stereocenters. The maximum Gasteiger partial charge on any atom is 0.164 e. The van der Waals surface area contributed by atoms with Crippen molar-refractivity contribution in [3.05, 3.63) is 34.6 Å². The third kappa shape index (κ3) is 1.74. The van der Waals surface area contributed by atoms with E-state index in [1.54, 1.807) is 0 Å². The van der Waals surface area contributed by atoms with Crippen LogP contribution in [-0.2, 0) is 0 Å². The monoisotopic (exact) mass is 215 g/mol. The van der Waals surface area contributed by atoms with Crippen LogP contribution in [0.2, 0.25) is 0 Å². The van der Waals surface area contributed by atoms with Crippen LogP contribution < -0.4 is 5.32 Å². The lowest BCUT2D eigenvalue weighted by Gasteiger charge is -2.12.